The second kappa shape index (κ2) is 12.0. The summed E-state index contributed by atoms with van der Waals surface area (Å²) in [4.78, 5) is 27.6. The third-order valence-electron chi connectivity index (χ3n) is 5.59. The topological polar surface area (TPSA) is 86.8 Å². The lowest BCUT2D eigenvalue weighted by atomic mass is 10.1. The molecule has 186 valence electrons. The van der Waals surface area contributed by atoms with Gasteiger partial charge in [0.2, 0.25) is 21.8 Å². The molecule has 1 N–H and O–H groups in total. The van der Waals surface area contributed by atoms with Gasteiger partial charge in [-0.2, -0.15) is 4.31 Å². The number of aryl methyl sites for hydroxylation is 1. The minimum Gasteiger partial charge on any atom is -0.352 e. The molecule has 0 spiro atoms. The summed E-state index contributed by atoms with van der Waals surface area (Å²) in [6.45, 7) is 6.91. The van der Waals surface area contributed by atoms with Crippen LogP contribution in [-0.2, 0) is 26.2 Å². The van der Waals surface area contributed by atoms with Crippen molar-refractivity contribution in [3.63, 3.8) is 0 Å². The molecule has 0 aliphatic carbocycles. The molecule has 2 aromatic carbocycles. The Bertz CT molecular complexity index is 1120. The van der Waals surface area contributed by atoms with E-state index >= 15 is 0 Å². The molecule has 0 aromatic heterocycles. The number of likely N-dealkylation sites (N-methyl/N-ethyl adjacent to an activating group) is 1. The van der Waals surface area contributed by atoms with Gasteiger partial charge in [0.1, 0.15) is 6.04 Å². The Kier molecular flexibility index (Phi) is 9.94. The van der Waals surface area contributed by atoms with Crippen LogP contribution in [-0.4, -0.2) is 55.1 Å². The summed E-state index contributed by atoms with van der Waals surface area (Å²) in [6, 6.07) is 10.4. The van der Waals surface area contributed by atoms with Gasteiger partial charge < -0.3 is 10.2 Å². The molecule has 0 bridgehead atoms. The molecule has 10 heteroatoms. The highest BCUT2D eigenvalue weighted by atomic mass is 35.5. The van der Waals surface area contributed by atoms with E-state index in [9.17, 15) is 18.0 Å². The molecule has 0 aliphatic rings. The van der Waals surface area contributed by atoms with Gasteiger partial charge in [0.15, 0.2) is 0 Å². The fourth-order valence-corrected chi connectivity index (χ4v) is 4.58. The zero-order valence-electron chi connectivity index (χ0n) is 20.0. The van der Waals surface area contributed by atoms with Crippen molar-refractivity contribution in [2.24, 2.45) is 0 Å². The van der Waals surface area contributed by atoms with Crippen molar-refractivity contribution in [1.29, 1.82) is 0 Å². The van der Waals surface area contributed by atoms with Gasteiger partial charge in [-0.3, -0.25) is 9.59 Å². The maximum absolute atomic E-state index is 13.3. The van der Waals surface area contributed by atoms with Crippen LogP contribution < -0.4 is 5.32 Å². The van der Waals surface area contributed by atoms with Crippen LogP contribution >= 0.6 is 23.2 Å². The average molecular weight is 529 g/mol. The van der Waals surface area contributed by atoms with Crippen molar-refractivity contribution in [2.75, 3.05) is 13.6 Å². The summed E-state index contributed by atoms with van der Waals surface area (Å²) < 4.78 is 26.9. The largest absolute Gasteiger partial charge is 0.352 e. The molecule has 0 radical (unpaired) electrons. The summed E-state index contributed by atoms with van der Waals surface area (Å²) in [5.41, 5.74) is 1.58. The Morgan fingerprint density at radius 1 is 1.03 bits per heavy atom. The predicted octanol–water partition coefficient (Wildman–Crippen LogP) is 4.25. The van der Waals surface area contributed by atoms with Gasteiger partial charge in [-0.15, -0.1) is 0 Å². The Hall–Kier alpha value is -2.13. The fraction of sp³-hybridized carbons (Fsp3) is 0.417. The minimum atomic E-state index is -3.89. The van der Waals surface area contributed by atoms with Crippen molar-refractivity contribution in [2.45, 2.75) is 57.6 Å². The number of amides is 2. The van der Waals surface area contributed by atoms with E-state index in [0.717, 1.165) is 16.3 Å². The summed E-state index contributed by atoms with van der Waals surface area (Å²) in [6.07, 6.45) is 0.733. The lowest BCUT2D eigenvalue weighted by molar-refractivity contribution is -0.140. The number of sulfonamides is 1. The monoisotopic (exact) mass is 527 g/mol. The zero-order valence-corrected chi connectivity index (χ0v) is 22.3. The minimum absolute atomic E-state index is 0.0588. The van der Waals surface area contributed by atoms with Crippen molar-refractivity contribution < 1.29 is 18.0 Å². The molecule has 0 saturated heterocycles. The third kappa shape index (κ3) is 7.18. The van der Waals surface area contributed by atoms with E-state index in [4.69, 9.17) is 23.2 Å². The summed E-state index contributed by atoms with van der Waals surface area (Å²) >= 11 is 12.1. The van der Waals surface area contributed by atoms with Crippen LogP contribution in [0.5, 0.6) is 0 Å². The van der Waals surface area contributed by atoms with Crippen LogP contribution in [0, 0.1) is 6.92 Å². The normalized spacial score (nSPS) is 13.4. The first-order valence-electron chi connectivity index (χ1n) is 10.9. The fourth-order valence-electron chi connectivity index (χ4n) is 3.14. The number of nitrogens with one attached hydrogen (secondary N) is 1. The number of carbonyl (C=O) groups is 2. The summed E-state index contributed by atoms with van der Waals surface area (Å²) in [7, 11) is -2.55. The molecule has 34 heavy (non-hydrogen) atoms. The lowest BCUT2D eigenvalue weighted by Gasteiger charge is -2.31. The zero-order chi connectivity index (χ0) is 25.6. The molecular formula is C24H31Cl2N3O4S. The number of halogens is 2. The number of hydrogen-bond donors (Lipinski definition) is 1. The smallest absolute Gasteiger partial charge is 0.243 e. The number of carbonyl (C=O) groups excluding carboxylic acids is 2. The van der Waals surface area contributed by atoms with Gasteiger partial charge in [-0.05, 0) is 57.0 Å². The first kappa shape index (κ1) is 28.1. The Labute approximate surface area is 212 Å². The second-order valence-corrected chi connectivity index (χ2v) is 11.2. The van der Waals surface area contributed by atoms with Crippen LogP contribution in [0.3, 0.4) is 0 Å². The van der Waals surface area contributed by atoms with Crippen LogP contribution in [0.2, 0.25) is 10.0 Å². The molecule has 2 aromatic rings. The van der Waals surface area contributed by atoms with Gasteiger partial charge in [-0.1, -0.05) is 53.9 Å². The molecule has 0 saturated carbocycles. The van der Waals surface area contributed by atoms with Crippen molar-refractivity contribution in [3.05, 3.63) is 63.6 Å². The molecule has 0 unspecified atom stereocenters. The number of hydrogen-bond acceptors (Lipinski definition) is 4. The number of rotatable bonds is 10. The molecule has 2 atom stereocenters. The molecule has 2 amide bonds. The van der Waals surface area contributed by atoms with Gasteiger partial charge >= 0.3 is 0 Å². The van der Waals surface area contributed by atoms with Crippen LogP contribution in [0.4, 0.5) is 0 Å². The highest BCUT2D eigenvalue weighted by Crippen LogP contribution is 2.24. The Morgan fingerprint density at radius 2 is 1.65 bits per heavy atom. The van der Waals surface area contributed by atoms with Crippen LogP contribution in [0.25, 0.3) is 0 Å². The van der Waals surface area contributed by atoms with E-state index in [1.165, 1.54) is 24.1 Å². The Morgan fingerprint density at radius 3 is 2.21 bits per heavy atom. The Balaban J connectivity index is 2.30. The van der Waals surface area contributed by atoms with E-state index in [1.54, 1.807) is 37.3 Å². The predicted molar refractivity (Wildman–Crippen MR) is 135 cm³/mol. The SMILES string of the molecule is CC[C@H](C)NC(=O)[C@H](C)N(Cc1ccc(Cl)c(Cl)c1)C(=O)CN(C)S(=O)(=O)c1ccc(C)cc1. The lowest BCUT2D eigenvalue weighted by Crippen LogP contribution is -2.51. The third-order valence-corrected chi connectivity index (χ3v) is 8.15. The highest BCUT2D eigenvalue weighted by Gasteiger charge is 2.30. The van der Waals surface area contributed by atoms with Gasteiger partial charge in [0.05, 0.1) is 21.5 Å². The average Bonchev–Trinajstić information content (AvgIpc) is 2.79. The van der Waals surface area contributed by atoms with E-state index in [1.807, 2.05) is 20.8 Å². The molecular weight excluding hydrogens is 497 g/mol. The van der Waals surface area contributed by atoms with E-state index in [-0.39, 0.29) is 23.4 Å². The van der Waals surface area contributed by atoms with E-state index in [2.05, 4.69) is 5.32 Å². The first-order valence-corrected chi connectivity index (χ1v) is 13.1. The maximum atomic E-state index is 13.3. The number of nitrogens with zero attached hydrogens (tertiary/aromatic N) is 2. The van der Waals surface area contributed by atoms with Gasteiger partial charge in [0.25, 0.3) is 0 Å². The van der Waals surface area contributed by atoms with Crippen LogP contribution in [0.1, 0.15) is 38.3 Å². The second-order valence-electron chi connectivity index (χ2n) is 8.34. The molecule has 0 fully saturated rings. The molecule has 0 aliphatic heterocycles. The molecule has 7 nitrogen and oxygen atoms in total. The van der Waals surface area contributed by atoms with Crippen molar-refractivity contribution in [1.82, 2.24) is 14.5 Å². The summed E-state index contributed by atoms with van der Waals surface area (Å²) in [5.74, 6) is -0.845. The van der Waals surface area contributed by atoms with Crippen molar-refractivity contribution in [3.8, 4) is 0 Å². The van der Waals surface area contributed by atoms with E-state index < -0.39 is 28.5 Å². The van der Waals surface area contributed by atoms with Gasteiger partial charge in [-0.25, -0.2) is 8.42 Å². The van der Waals surface area contributed by atoms with Crippen LogP contribution in [0.15, 0.2) is 47.4 Å². The summed E-state index contributed by atoms with van der Waals surface area (Å²) in [5, 5.41) is 3.57. The quantitative estimate of drug-likeness (QED) is 0.500. The van der Waals surface area contributed by atoms with E-state index in [0.29, 0.717) is 15.6 Å². The first-order chi connectivity index (χ1) is 15.9. The highest BCUT2D eigenvalue weighted by molar-refractivity contribution is 7.89. The van der Waals surface area contributed by atoms with Gasteiger partial charge in [0, 0.05) is 19.6 Å². The van der Waals surface area contributed by atoms with Crippen molar-refractivity contribution >= 4 is 45.0 Å². The maximum Gasteiger partial charge on any atom is 0.243 e. The molecule has 2 rings (SSSR count). The molecule has 0 heterocycles. The number of benzene rings is 2. The standard InChI is InChI=1S/C24H31Cl2N3O4S/c1-6-17(3)27-24(31)18(4)29(14-19-9-12-21(25)22(26)13-19)23(30)15-28(5)34(32,33)20-10-7-16(2)8-11-20/h7-13,17-18H,6,14-15H2,1-5H3,(H,27,31)/t17-,18-/m0/s1.